The fraction of sp³-hybridized carbons (Fsp3) is 0.615. The summed E-state index contributed by atoms with van der Waals surface area (Å²) >= 11 is 0. The SMILES string of the molecule is CC(C)(C)Oc1cccc(CNC2CC2)n1. The zero-order valence-electron chi connectivity index (χ0n) is 10.3. The summed E-state index contributed by atoms with van der Waals surface area (Å²) in [6.07, 6.45) is 2.61. The molecule has 0 aromatic carbocycles. The summed E-state index contributed by atoms with van der Waals surface area (Å²) in [6.45, 7) is 6.93. The van der Waals surface area contributed by atoms with Crippen molar-refractivity contribution in [3.8, 4) is 5.88 Å². The standard InChI is InChI=1S/C13H20N2O/c1-13(2,3)16-12-6-4-5-11(15-12)9-14-10-7-8-10/h4-6,10,14H,7-9H2,1-3H3. The summed E-state index contributed by atoms with van der Waals surface area (Å²) in [5.74, 6) is 0.711. The van der Waals surface area contributed by atoms with Crippen molar-refractivity contribution in [1.82, 2.24) is 10.3 Å². The Bertz CT molecular complexity index is 353. The van der Waals surface area contributed by atoms with Gasteiger partial charge in [-0.05, 0) is 39.7 Å². The first kappa shape index (κ1) is 11.4. The summed E-state index contributed by atoms with van der Waals surface area (Å²) in [5, 5.41) is 3.44. The fourth-order valence-electron chi connectivity index (χ4n) is 1.46. The highest BCUT2D eigenvalue weighted by Crippen LogP contribution is 2.20. The quantitative estimate of drug-likeness (QED) is 0.846. The molecule has 1 aromatic heterocycles. The van der Waals surface area contributed by atoms with Gasteiger partial charge in [0.05, 0.1) is 5.69 Å². The van der Waals surface area contributed by atoms with Gasteiger partial charge in [-0.2, -0.15) is 0 Å². The molecule has 3 nitrogen and oxygen atoms in total. The maximum absolute atomic E-state index is 5.73. The molecule has 0 saturated heterocycles. The number of hydrogen-bond acceptors (Lipinski definition) is 3. The maximum atomic E-state index is 5.73. The van der Waals surface area contributed by atoms with Crippen LogP contribution in [0.5, 0.6) is 5.88 Å². The van der Waals surface area contributed by atoms with E-state index < -0.39 is 0 Å². The molecule has 88 valence electrons. The van der Waals surface area contributed by atoms with Gasteiger partial charge < -0.3 is 10.1 Å². The minimum absolute atomic E-state index is 0.185. The van der Waals surface area contributed by atoms with Crippen molar-refractivity contribution in [1.29, 1.82) is 0 Å². The third-order valence-electron chi connectivity index (χ3n) is 2.34. The first-order chi connectivity index (χ1) is 7.53. The first-order valence-electron chi connectivity index (χ1n) is 5.91. The van der Waals surface area contributed by atoms with E-state index in [1.54, 1.807) is 0 Å². The van der Waals surface area contributed by atoms with Crippen LogP contribution >= 0.6 is 0 Å². The van der Waals surface area contributed by atoms with Gasteiger partial charge in [-0.25, -0.2) is 4.98 Å². The highest BCUT2D eigenvalue weighted by molar-refractivity contribution is 5.16. The monoisotopic (exact) mass is 220 g/mol. The highest BCUT2D eigenvalue weighted by Gasteiger charge is 2.20. The molecule has 1 N–H and O–H groups in total. The van der Waals surface area contributed by atoms with Crippen molar-refractivity contribution >= 4 is 0 Å². The molecular weight excluding hydrogens is 200 g/mol. The molecule has 0 aliphatic heterocycles. The molecule has 1 aliphatic rings. The summed E-state index contributed by atoms with van der Waals surface area (Å²) < 4.78 is 5.73. The Balaban J connectivity index is 1.95. The van der Waals surface area contributed by atoms with Crippen molar-refractivity contribution in [3.63, 3.8) is 0 Å². The average Bonchev–Trinajstić information content (AvgIpc) is 2.96. The normalized spacial score (nSPS) is 16.2. The van der Waals surface area contributed by atoms with E-state index in [-0.39, 0.29) is 5.60 Å². The number of aromatic nitrogens is 1. The molecule has 2 rings (SSSR count). The second-order valence-corrected chi connectivity index (χ2v) is 5.34. The molecular formula is C13H20N2O. The Kier molecular flexibility index (Phi) is 3.15. The van der Waals surface area contributed by atoms with Gasteiger partial charge in [0.1, 0.15) is 5.60 Å². The summed E-state index contributed by atoms with van der Waals surface area (Å²) in [6, 6.07) is 6.66. The van der Waals surface area contributed by atoms with Crippen LogP contribution in [0.3, 0.4) is 0 Å². The smallest absolute Gasteiger partial charge is 0.213 e. The minimum atomic E-state index is -0.185. The van der Waals surface area contributed by atoms with E-state index in [1.165, 1.54) is 12.8 Å². The van der Waals surface area contributed by atoms with Crippen molar-refractivity contribution in [2.45, 2.75) is 51.8 Å². The second kappa shape index (κ2) is 4.42. The Hall–Kier alpha value is -1.09. The van der Waals surface area contributed by atoms with Crippen LogP contribution < -0.4 is 10.1 Å². The van der Waals surface area contributed by atoms with Gasteiger partial charge in [0.2, 0.25) is 5.88 Å². The van der Waals surface area contributed by atoms with E-state index >= 15 is 0 Å². The second-order valence-electron chi connectivity index (χ2n) is 5.34. The number of nitrogens with one attached hydrogen (secondary N) is 1. The fourth-order valence-corrected chi connectivity index (χ4v) is 1.46. The average molecular weight is 220 g/mol. The molecule has 1 fully saturated rings. The molecule has 16 heavy (non-hydrogen) atoms. The van der Waals surface area contributed by atoms with Crippen LogP contribution in [0.4, 0.5) is 0 Å². The van der Waals surface area contributed by atoms with Crippen LogP contribution in [0.1, 0.15) is 39.3 Å². The van der Waals surface area contributed by atoms with Crippen LogP contribution in [0.15, 0.2) is 18.2 Å². The predicted molar refractivity (Wildman–Crippen MR) is 64.5 cm³/mol. The Morgan fingerprint density at radius 3 is 2.75 bits per heavy atom. The van der Waals surface area contributed by atoms with Gasteiger partial charge in [0.15, 0.2) is 0 Å². The molecule has 1 saturated carbocycles. The number of hydrogen-bond donors (Lipinski definition) is 1. The third-order valence-corrected chi connectivity index (χ3v) is 2.34. The molecule has 0 amide bonds. The van der Waals surface area contributed by atoms with Crippen LogP contribution in [0.2, 0.25) is 0 Å². The van der Waals surface area contributed by atoms with E-state index in [4.69, 9.17) is 4.74 Å². The third kappa shape index (κ3) is 3.81. The number of nitrogens with zero attached hydrogens (tertiary/aromatic N) is 1. The lowest BCUT2D eigenvalue weighted by molar-refractivity contribution is 0.124. The van der Waals surface area contributed by atoms with Crippen LogP contribution in [-0.2, 0) is 6.54 Å². The number of pyridine rings is 1. The van der Waals surface area contributed by atoms with Crippen molar-refractivity contribution < 1.29 is 4.74 Å². The van der Waals surface area contributed by atoms with Crippen LogP contribution in [0, 0.1) is 0 Å². The van der Waals surface area contributed by atoms with Gasteiger partial charge in [-0.15, -0.1) is 0 Å². The minimum Gasteiger partial charge on any atom is -0.472 e. The molecule has 1 heterocycles. The largest absolute Gasteiger partial charge is 0.472 e. The lowest BCUT2D eigenvalue weighted by Gasteiger charge is -2.20. The van der Waals surface area contributed by atoms with Gasteiger partial charge >= 0.3 is 0 Å². The topological polar surface area (TPSA) is 34.1 Å². The molecule has 3 heteroatoms. The van der Waals surface area contributed by atoms with Crippen LogP contribution in [0.25, 0.3) is 0 Å². The molecule has 1 aliphatic carbocycles. The molecule has 0 unspecified atom stereocenters. The van der Waals surface area contributed by atoms with E-state index in [0.29, 0.717) is 11.9 Å². The molecule has 0 atom stereocenters. The lowest BCUT2D eigenvalue weighted by atomic mass is 10.2. The van der Waals surface area contributed by atoms with Gasteiger partial charge in [0.25, 0.3) is 0 Å². The van der Waals surface area contributed by atoms with Gasteiger partial charge in [-0.3, -0.25) is 0 Å². The van der Waals surface area contributed by atoms with Crippen molar-refractivity contribution in [3.05, 3.63) is 23.9 Å². The number of ether oxygens (including phenoxy) is 1. The van der Waals surface area contributed by atoms with Gasteiger partial charge in [-0.1, -0.05) is 6.07 Å². The van der Waals surface area contributed by atoms with Crippen molar-refractivity contribution in [2.24, 2.45) is 0 Å². The highest BCUT2D eigenvalue weighted by atomic mass is 16.5. The molecule has 0 bridgehead atoms. The lowest BCUT2D eigenvalue weighted by Crippen LogP contribution is -2.24. The Labute approximate surface area is 97.2 Å². The van der Waals surface area contributed by atoms with Crippen LogP contribution in [-0.4, -0.2) is 16.6 Å². The van der Waals surface area contributed by atoms with E-state index in [1.807, 2.05) is 39.0 Å². The maximum Gasteiger partial charge on any atom is 0.213 e. The Morgan fingerprint density at radius 2 is 2.12 bits per heavy atom. The van der Waals surface area contributed by atoms with E-state index in [9.17, 15) is 0 Å². The molecule has 1 aromatic rings. The zero-order chi connectivity index (χ0) is 11.6. The zero-order valence-corrected chi connectivity index (χ0v) is 10.3. The summed E-state index contributed by atoms with van der Waals surface area (Å²) in [7, 11) is 0. The Morgan fingerprint density at radius 1 is 1.38 bits per heavy atom. The first-order valence-corrected chi connectivity index (χ1v) is 5.91. The van der Waals surface area contributed by atoms with E-state index in [2.05, 4.69) is 10.3 Å². The van der Waals surface area contributed by atoms with Crippen molar-refractivity contribution in [2.75, 3.05) is 0 Å². The number of rotatable bonds is 4. The van der Waals surface area contributed by atoms with Gasteiger partial charge in [0, 0.05) is 18.7 Å². The molecule has 0 radical (unpaired) electrons. The summed E-state index contributed by atoms with van der Waals surface area (Å²) in [5.41, 5.74) is 0.865. The molecule has 0 spiro atoms. The van der Waals surface area contributed by atoms with E-state index in [0.717, 1.165) is 12.2 Å². The summed E-state index contributed by atoms with van der Waals surface area (Å²) in [4.78, 5) is 4.47. The predicted octanol–water partition coefficient (Wildman–Crippen LogP) is 2.51.